The third-order valence-corrected chi connectivity index (χ3v) is 3.01. The first-order valence-corrected chi connectivity index (χ1v) is 4.99. The predicted octanol–water partition coefficient (Wildman–Crippen LogP) is 0.146. The van der Waals surface area contributed by atoms with Crippen LogP contribution in [-0.2, 0) is 4.74 Å². The standard InChI is InChI=1S/C9H17FN2O/c10-7-1-3-12(5-7)9-6-13-4-2-8(9)11/h7-9H,1-6,11H2. The average Bonchev–Trinajstić information content (AvgIpc) is 2.53. The van der Waals surface area contributed by atoms with Crippen molar-refractivity contribution in [2.24, 2.45) is 5.73 Å². The summed E-state index contributed by atoms with van der Waals surface area (Å²) in [7, 11) is 0. The predicted molar refractivity (Wildman–Crippen MR) is 48.3 cm³/mol. The van der Waals surface area contributed by atoms with E-state index >= 15 is 0 Å². The van der Waals surface area contributed by atoms with E-state index in [4.69, 9.17) is 10.5 Å². The van der Waals surface area contributed by atoms with Crippen LogP contribution in [0.25, 0.3) is 0 Å². The van der Waals surface area contributed by atoms with Gasteiger partial charge in [0, 0.05) is 31.8 Å². The topological polar surface area (TPSA) is 38.5 Å². The minimum Gasteiger partial charge on any atom is -0.380 e. The van der Waals surface area contributed by atoms with Gasteiger partial charge in [-0.1, -0.05) is 0 Å². The van der Waals surface area contributed by atoms with Crippen LogP contribution in [0.1, 0.15) is 12.8 Å². The lowest BCUT2D eigenvalue weighted by molar-refractivity contribution is 0.0126. The molecule has 3 nitrogen and oxygen atoms in total. The molecule has 13 heavy (non-hydrogen) atoms. The highest BCUT2D eigenvalue weighted by atomic mass is 19.1. The van der Waals surface area contributed by atoms with E-state index in [0.29, 0.717) is 19.6 Å². The van der Waals surface area contributed by atoms with Gasteiger partial charge in [0.15, 0.2) is 0 Å². The summed E-state index contributed by atoms with van der Waals surface area (Å²) in [6.45, 7) is 2.81. The van der Waals surface area contributed by atoms with E-state index in [-0.39, 0.29) is 12.1 Å². The van der Waals surface area contributed by atoms with Gasteiger partial charge in [0.25, 0.3) is 0 Å². The van der Waals surface area contributed by atoms with Crippen molar-refractivity contribution < 1.29 is 9.13 Å². The van der Waals surface area contributed by atoms with Crippen LogP contribution >= 0.6 is 0 Å². The molecule has 76 valence electrons. The van der Waals surface area contributed by atoms with Crippen LogP contribution in [0.4, 0.5) is 4.39 Å². The molecule has 2 aliphatic rings. The number of rotatable bonds is 1. The lowest BCUT2D eigenvalue weighted by atomic mass is 10.0. The summed E-state index contributed by atoms with van der Waals surface area (Å²) < 4.78 is 18.3. The fraction of sp³-hybridized carbons (Fsp3) is 1.00. The quantitative estimate of drug-likeness (QED) is 0.636. The maximum Gasteiger partial charge on any atom is 0.114 e. The first kappa shape index (κ1) is 9.37. The van der Waals surface area contributed by atoms with Gasteiger partial charge in [-0.15, -0.1) is 0 Å². The second-order valence-electron chi connectivity index (χ2n) is 3.98. The summed E-state index contributed by atoms with van der Waals surface area (Å²) in [6.07, 6.45) is 0.899. The van der Waals surface area contributed by atoms with Gasteiger partial charge in [-0.3, -0.25) is 4.90 Å². The summed E-state index contributed by atoms with van der Waals surface area (Å²) in [4.78, 5) is 2.13. The van der Waals surface area contributed by atoms with Gasteiger partial charge in [0.2, 0.25) is 0 Å². The minimum absolute atomic E-state index is 0.166. The summed E-state index contributed by atoms with van der Waals surface area (Å²) in [5.41, 5.74) is 5.96. The summed E-state index contributed by atoms with van der Waals surface area (Å²) in [5.74, 6) is 0. The fourth-order valence-corrected chi connectivity index (χ4v) is 2.16. The minimum atomic E-state index is -0.658. The molecule has 0 radical (unpaired) electrons. The van der Waals surface area contributed by atoms with Gasteiger partial charge in [-0.2, -0.15) is 0 Å². The number of nitrogens with two attached hydrogens (primary N) is 1. The van der Waals surface area contributed by atoms with Crippen molar-refractivity contribution in [2.75, 3.05) is 26.3 Å². The largest absolute Gasteiger partial charge is 0.380 e. The van der Waals surface area contributed by atoms with Crippen molar-refractivity contribution in [2.45, 2.75) is 31.1 Å². The zero-order valence-electron chi connectivity index (χ0n) is 7.79. The van der Waals surface area contributed by atoms with Crippen LogP contribution in [0.2, 0.25) is 0 Å². The molecule has 0 aromatic heterocycles. The van der Waals surface area contributed by atoms with Crippen molar-refractivity contribution >= 4 is 0 Å². The number of likely N-dealkylation sites (tertiary alicyclic amines) is 1. The van der Waals surface area contributed by atoms with Crippen molar-refractivity contribution in [3.05, 3.63) is 0 Å². The van der Waals surface area contributed by atoms with Gasteiger partial charge in [0.05, 0.1) is 6.61 Å². The van der Waals surface area contributed by atoms with Crippen molar-refractivity contribution in [1.82, 2.24) is 4.90 Å². The Bertz CT molecular complexity index is 179. The van der Waals surface area contributed by atoms with Crippen LogP contribution < -0.4 is 5.73 Å². The Morgan fingerprint density at radius 2 is 2.23 bits per heavy atom. The van der Waals surface area contributed by atoms with E-state index in [1.54, 1.807) is 0 Å². The molecule has 2 aliphatic heterocycles. The highest BCUT2D eigenvalue weighted by Gasteiger charge is 2.33. The van der Waals surface area contributed by atoms with Gasteiger partial charge < -0.3 is 10.5 Å². The van der Waals surface area contributed by atoms with E-state index in [0.717, 1.165) is 19.6 Å². The highest BCUT2D eigenvalue weighted by Crippen LogP contribution is 2.20. The van der Waals surface area contributed by atoms with Crippen LogP contribution in [0.5, 0.6) is 0 Å². The van der Waals surface area contributed by atoms with Crippen molar-refractivity contribution in [3.8, 4) is 0 Å². The molecule has 2 saturated heterocycles. The Morgan fingerprint density at radius 3 is 2.85 bits per heavy atom. The SMILES string of the molecule is NC1CCOCC1N1CCC(F)C1. The molecule has 0 amide bonds. The Labute approximate surface area is 78.0 Å². The molecule has 0 bridgehead atoms. The summed E-state index contributed by atoms with van der Waals surface area (Å²) in [6, 6.07) is 0.411. The van der Waals surface area contributed by atoms with Gasteiger partial charge >= 0.3 is 0 Å². The molecule has 2 rings (SSSR count). The van der Waals surface area contributed by atoms with Crippen LogP contribution in [0.3, 0.4) is 0 Å². The third kappa shape index (κ3) is 2.00. The molecule has 0 aromatic rings. The van der Waals surface area contributed by atoms with Crippen LogP contribution in [0.15, 0.2) is 0 Å². The molecule has 0 aliphatic carbocycles. The molecular formula is C9H17FN2O. The number of alkyl halides is 1. The van der Waals surface area contributed by atoms with E-state index in [9.17, 15) is 4.39 Å². The number of hydrogen-bond acceptors (Lipinski definition) is 3. The smallest absolute Gasteiger partial charge is 0.114 e. The third-order valence-electron chi connectivity index (χ3n) is 3.01. The highest BCUT2D eigenvalue weighted by molar-refractivity contribution is 4.89. The molecule has 4 heteroatoms. The van der Waals surface area contributed by atoms with Gasteiger partial charge in [0.1, 0.15) is 6.17 Å². The van der Waals surface area contributed by atoms with Crippen molar-refractivity contribution in [3.63, 3.8) is 0 Å². The lowest BCUT2D eigenvalue weighted by Gasteiger charge is -2.35. The zero-order chi connectivity index (χ0) is 9.26. The summed E-state index contributed by atoms with van der Waals surface area (Å²) in [5, 5.41) is 0. The molecule has 2 heterocycles. The van der Waals surface area contributed by atoms with Gasteiger partial charge in [-0.05, 0) is 12.8 Å². The Morgan fingerprint density at radius 1 is 1.38 bits per heavy atom. The molecule has 2 fully saturated rings. The second-order valence-corrected chi connectivity index (χ2v) is 3.98. The number of ether oxygens (including phenoxy) is 1. The van der Waals surface area contributed by atoms with E-state index in [1.165, 1.54) is 0 Å². The molecule has 2 N–H and O–H groups in total. The fourth-order valence-electron chi connectivity index (χ4n) is 2.16. The first-order chi connectivity index (χ1) is 6.27. The molecule has 0 saturated carbocycles. The Kier molecular flexibility index (Phi) is 2.81. The maximum atomic E-state index is 12.9. The molecular weight excluding hydrogens is 171 g/mol. The van der Waals surface area contributed by atoms with E-state index in [2.05, 4.69) is 4.90 Å². The molecule has 3 unspecified atom stereocenters. The van der Waals surface area contributed by atoms with Crippen LogP contribution in [0, 0.1) is 0 Å². The molecule has 0 aromatic carbocycles. The Hall–Kier alpha value is -0.190. The maximum absolute atomic E-state index is 12.9. The second kappa shape index (κ2) is 3.90. The number of nitrogens with zero attached hydrogens (tertiary/aromatic N) is 1. The van der Waals surface area contributed by atoms with Crippen molar-refractivity contribution in [1.29, 1.82) is 0 Å². The number of halogens is 1. The first-order valence-electron chi connectivity index (χ1n) is 4.99. The molecule has 0 spiro atoms. The van der Waals surface area contributed by atoms with Gasteiger partial charge in [-0.25, -0.2) is 4.39 Å². The Balaban J connectivity index is 1.91. The lowest BCUT2D eigenvalue weighted by Crippen LogP contribution is -2.52. The van der Waals surface area contributed by atoms with Crippen LogP contribution in [-0.4, -0.2) is 49.5 Å². The zero-order valence-corrected chi connectivity index (χ0v) is 7.79. The number of hydrogen-bond donors (Lipinski definition) is 1. The summed E-state index contributed by atoms with van der Waals surface area (Å²) >= 11 is 0. The van der Waals surface area contributed by atoms with E-state index < -0.39 is 6.17 Å². The monoisotopic (exact) mass is 188 g/mol. The molecule has 3 atom stereocenters. The average molecular weight is 188 g/mol. The van der Waals surface area contributed by atoms with E-state index in [1.807, 2.05) is 0 Å². The normalized spacial score (nSPS) is 42.5.